The molecule has 0 heterocycles. The topological polar surface area (TPSA) is 75.6 Å². The van der Waals surface area contributed by atoms with E-state index in [2.05, 4.69) is 5.32 Å². The number of amides is 1. The van der Waals surface area contributed by atoms with Crippen LogP contribution in [-0.4, -0.2) is 30.6 Å². The smallest absolute Gasteiger partial charge is 0.307 e. The second kappa shape index (κ2) is 6.52. The van der Waals surface area contributed by atoms with Gasteiger partial charge in [-0.2, -0.15) is 0 Å². The van der Waals surface area contributed by atoms with Crippen molar-refractivity contribution in [2.45, 2.75) is 12.8 Å². The Morgan fingerprint density at radius 3 is 2.82 bits per heavy atom. The number of rotatable bonds is 6. The van der Waals surface area contributed by atoms with Gasteiger partial charge < -0.3 is 15.2 Å². The summed E-state index contributed by atoms with van der Waals surface area (Å²) >= 11 is 0. The predicted octanol–water partition coefficient (Wildman–Crippen LogP) is 0.829. The third-order valence-corrected chi connectivity index (χ3v) is 2.13. The van der Waals surface area contributed by atoms with Gasteiger partial charge >= 0.3 is 5.97 Å². The molecule has 0 aliphatic rings. The number of nitrogens with one attached hydrogen (secondary N) is 1. The average molecular weight is 237 g/mol. The molecule has 0 aliphatic heterocycles. The third kappa shape index (κ3) is 5.01. The molecule has 17 heavy (non-hydrogen) atoms. The molecule has 2 N–H and O–H groups in total. The molecule has 0 saturated carbocycles. The van der Waals surface area contributed by atoms with E-state index in [1.54, 1.807) is 31.3 Å². The zero-order chi connectivity index (χ0) is 12.7. The first-order valence-electron chi connectivity index (χ1n) is 5.26. The summed E-state index contributed by atoms with van der Waals surface area (Å²) in [4.78, 5) is 21.5. The molecule has 0 unspecified atom stereocenters. The highest BCUT2D eigenvalue weighted by Gasteiger charge is 2.03. The first-order chi connectivity index (χ1) is 8.11. The van der Waals surface area contributed by atoms with Crippen molar-refractivity contribution in [1.29, 1.82) is 0 Å². The fraction of sp³-hybridized carbons (Fsp3) is 0.333. The van der Waals surface area contributed by atoms with Crippen molar-refractivity contribution in [3.8, 4) is 5.75 Å². The first-order valence-corrected chi connectivity index (χ1v) is 5.26. The van der Waals surface area contributed by atoms with Crippen LogP contribution in [0.4, 0.5) is 0 Å². The summed E-state index contributed by atoms with van der Waals surface area (Å²) in [6.45, 7) is 0.274. The Bertz CT molecular complexity index is 403. The number of carbonyl (C=O) groups excluding carboxylic acids is 1. The van der Waals surface area contributed by atoms with Gasteiger partial charge in [-0.3, -0.25) is 9.59 Å². The van der Waals surface area contributed by atoms with E-state index in [1.165, 1.54) is 0 Å². The molecule has 1 aromatic rings. The number of carbonyl (C=O) groups is 2. The van der Waals surface area contributed by atoms with Crippen molar-refractivity contribution in [3.63, 3.8) is 0 Å². The first kappa shape index (κ1) is 13.0. The van der Waals surface area contributed by atoms with Crippen LogP contribution >= 0.6 is 0 Å². The maximum absolute atomic E-state index is 10.9. The van der Waals surface area contributed by atoms with Gasteiger partial charge in [0, 0.05) is 7.05 Å². The molecule has 1 rings (SSSR count). The van der Waals surface area contributed by atoms with Crippen LogP contribution in [0, 0.1) is 0 Å². The van der Waals surface area contributed by atoms with Gasteiger partial charge in [-0.15, -0.1) is 0 Å². The maximum atomic E-state index is 10.9. The number of benzene rings is 1. The Kier molecular flexibility index (Phi) is 5.00. The fourth-order valence-corrected chi connectivity index (χ4v) is 1.31. The van der Waals surface area contributed by atoms with Crippen LogP contribution in [0.25, 0.3) is 0 Å². The minimum absolute atomic E-state index is 0.0351. The Labute approximate surface area is 99.4 Å². The van der Waals surface area contributed by atoms with Crippen LogP contribution in [0.1, 0.15) is 12.0 Å². The van der Waals surface area contributed by atoms with Crippen LogP contribution in [0.2, 0.25) is 0 Å². The summed E-state index contributed by atoms with van der Waals surface area (Å²) in [6.07, 6.45) is 0.242. The zero-order valence-electron chi connectivity index (χ0n) is 9.60. The van der Waals surface area contributed by atoms with Crippen molar-refractivity contribution in [1.82, 2.24) is 5.32 Å². The van der Waals surface area contributed by atoms with Gasteiger partial charge in [0.25, 0.3) is 0 Å². The van der Waals surface area contributed by atoms with E-state index in [0.717, 1.165) is 0 Å². The Morgan fingerprint density at radius 1 is 1.41 bits per heavy atom. The number of hydrogen-bond acceptors (Lipinski definition) is 3. The maximum Gasteiger partial charge on any atom is 0.307 e. The summed E-state index contributed by atoms with van der Waals surface area (Å²) in [6, 6.07) is 6.85. The molecule has 0 atom stereocenters. The molecule has 0 bridgehead atoms. The average Bonchev–Trinajstić information content (AvgIpc) is 2.28. The summed E-state index contributed by atoms with van der Waals surface area (Å²) < 4.78 is 5.35. The lowest BCUT2D eigenvalue weighted by Gasteiger charge is -2.06. The number of carboxylic acid groups (broad SMARTS) is 1. The molecule has 0 radical (unpaired) electrons. The molecule has 0 saturated heterocycles. The SMILES string of the molecule is CNC(=O)CCOc1cccc(CC(=O)O)c1. The fourth-order valence-electron chi connectivity index (χ4n) is 1.31. The lowest BCUT2D eigenvalue weighted by atomic mass is 10.1. The van der Waals surface area contributed by atoms with Crippen LogP contribution in [0.5, 0.6) is 5.75 Å². The molecule has 1 amide bonds. The van der Waals surface area contributed by atoms with E-state index in [0.29, 0.717) is 11.3 Å². The quantitative estimate of drug-likeness (QED) is 0.768. The molecule has 0 aliphatic carbocycles. The Balaban J connectivity index is 2.48. The minimum atomic E-state index is -0.882. The van der Waals surface area contributed by atoms with Crippen molar-refractivity contribution in [2.75, 3.05) is 13.7 Å². The summed E-state index contributed by atoms with van der Waals surface area (Å²) in [5, 5.41) is 11.1. The number of ether oxygens (including phenoxy) is 1. The lowest BCUT2D eigenvalue weighted by Crippen LogP contribution is -2.20. The van der Waals surface area contributed by atoms with E-state index < -0.39 is 5.97 Å². The molecule has 0 fully saturated rings. The second-order valence-electron chi connectivity index (χ2n) is 3.49. The zero-order valence-corrected chi connectivity index (χ0v) is 9.60. The van der Waals surface area contributed by atoms with Gasteiger partial charge in [-0.05, 0) is 17.7 Å². The van der Waals surface area contributed by atoms with Crippen molar-refractivity contribution in [3.05, 3.63) is 29.8 Å². The minimum Gasteiger partial charge on any atom is -0.493 e. The van der Waals surface area contributed by atoms with Gasteiger partial charge in [0.15, 0.2) is 0 Å². The summed E-state index contributed by atoms with van der Waals surface area (Å²) in [5.41, 5.74) is 0.676. The highest BCUT2D eigenvalue weighted by Crippen LogP contribution is 2.14. The van der Waals surface area contributed by atoms with Crippen LogP contribution in [0.3, 0.4) is 0 Å². The van der Waals surface area contributed by atoms with Crippen LogP contribution in [-0.2, 0) is 16.0 Å². The standard InChI is InChI=1S/C12H15NO4/c1-13-11(14)5-6-17-10-4-2-3-9(7-10)8-12(15)16/h2-4,7H,5-6,8H2,1H3,(H,13,14)(H,15,16). The monoisotopic (exact) mass is 237 g/mol. The van der Waals surface area contributed by atoms with E-state index in [4.69, 9.17) is 9.84 Å². The molecular formula is C12H15NO4. The van der Waals surface area contributed by atoms with E-state index in [1.807, 2.05) is 0 Å². The van der Waals surface area contributed by atoms with Crippen LogP contribution in [0.15, 0.2) is 24.3 Å². The van der Waals surface area contributed by atoms with Gasteiger partial charge in [0.1, 0.15) is 5.75 Å². The summed E-state index contributed by atoms with van der Waals surface area (Å²) in [7, 11) is 1.57. The van der Waals surface area contributed by atoms with Crippen molar-refractivity contribution in [2.24, 2.45) is 0 Å². The molecule has 5 heteroatoms. The highest BCUT2D eigenvalue weighted by atomic mass is 16.5. The molecule has 0 aromatic heterocycles. The number of hydrogen-bond donors (Lipinski definition) is 2. The van der Waals surface area contributed by atoms with Crippen molar-refractivity contribution < 1.29 is 19.4 Å². The third-order valence-electron chi connectivity index (χ3n) is 2.13. The molecule has 92 valence electrons. The van der Waals surface area contributed by atoms with E-state index in [9.17, 15) is 9.59 Å². The van der Waals surface area contributed by atoms with E-state index >= 15 is 0 Å². The number of aliphatic carboxylic acids is 1. The highest BCUT2D eigenvalue weighted by molar-refractivity contribution is 5.75. The van der Waals surface area contributed by atoms with Gasteiger partial charge in [-0.1, -0.05) is 12.1 Å². The lowest BCUT2D eigenvalue weighted by molar-refractivity contribution is -0.136. The van der Waals surface area contributed by atoms with Crippen molar-refractivity contribution >= 4 is 11.9 Å². The normalized spacial score (nSPS) is 9.71. The van der Waals surface area contributed by atoms with Crippen LogP contribution < -0.4 is 10.1 Å². The van der Waals surface area contributed by atoms with Gasteiger partial charge in [0.2, 0.25) is 5.91 Å². The number of carboxylic acids is 1. The molecular weight excluding hydrogens is 222 g/mol. The second-order valence-corrected chi connectivity index (χ2v) is 3.49. The largest absolute Gasteiger partial charge is 0.493 e. The molecule has 1 aromatic carbocycles. The van der Waals surface area contributed by atoms with Gasteiger partial charge in [0.05, 0.1) is 19.4 Å². The Hall–Kier alpha value is -2.04. The molecule has 0 spiro atoms. The molecule has 5 nitrogen and oxygen atoms in total. The Morgan fingerprint density at radius 2 is 2.18 bits per heavy atom. The van der Waals surface area contributed by atoms with E-state index in [-0.39, 0.29) is 25.4 Å². The van der Waals surface area contributed by atoms with Gasteiger partial charge in [-0.25, -0.2) is 0 Å². The predicted molar refractivity (Wildman–Crippen MR) is 62.0 cm³/mol. The summed E-state index contributed by atoms with van der Waals surface area (Å²) in [5.74, 6) is -0.396.